The highest BCUT2D eigenvalue weighted by molar-refractivity contribution is 5.90. The van der Waals surface area contributed by atoms with Gasteiger partial charge in [-0.25, -0.2) is 0 Å². The van der Waals surface area contributed by atoms with Gasteiger partial charge < -0.3 is 10.1 Å². The number of halogens is 3. The minimum absolute atomic E-state index is 0.0348. The molecule has 0 fully saturated rings. The van der Waals surface area contributed by atoms with Crippen molar-refractivity contribution in [1.82, 2.24) is 4.98 Å². The summed E-state index contributed by atoms with van der Waals surface area (Å²) in [5, 5.41) is 2.62. The van der Waals surface area contributed by atoms with E-state index in [9.17, 15) is 18.0 Å². The molecule has 1 aromatic carbocycles. The van der Waals surface area contributed by atoms with Gasteiger partial charge in [0.2, 0.25) is 5.91 Å². The molecule has 1 aromatic heterocycles. The van der Waals surface area contributed by atoms with Crippen LogP contribution in [0.3, 0.4) is 0 Å². The van der Waals surface area contributed by atoms with Crippen LogP contribution in [0.4, 0.5) is 18.9 Å². The highest BCUT2D eigenvalue weighted by atomic mass is 19.4. The first-order valence-corrected chi connectivity index (χ1v) is 6.47. The van der Waals surface area contributed by atoms with Gasteiger partial charge in [0.1, 0.15) is 5.75 Å². The monoisotopic (exact) mass is 310 g/mol. The molecule has 0 atom stereocenters. The van der Waals surface area contributed by atoms with E-state index in [2.05, 4.69) is 15.0 Å². The van der Waals surface area contributed by atoms with E-state index in [1.165, 1.54) is 24.4 Å². The molecule has 2 rings (SSSR count). The van der Waals surface area contributed by atoms with Crippen LogP contribution in [0.1, 0.15) is 12.0 Å². The summed E-state index contributed by atoms with van der Waals surface area (Å²) in [6.45, 7) is 0. The van der Waals surface area contributed by atoms with Gasteiger partial charge in [-0.05, 0) is 30.2 Å². The van der Waals surface area contributed by atoms with E-state index in [0.29, 0.717) is 11.3 Å². The standard InChI is InChI=1S/C15H13F3N2O2/c16-15(17,18)22-13-6-2-1-4-11(13)7-8-14(21)20-12-5-3-9-19-10-12/h1-6,9-10H,7-8H2,(H,20,21). The third kappa shape index (κ3) is 5.08. The van der Waals surface area contributed by atoms with E-state index in [1.54, 1.807) is 24.4 Å². The second kappa shape index (κ2) is 6.93. The maximum atomic E-state index is 12.3. The van der Waals surface area contributed by atoms with Crippen LogP contribution in [0.15, 0.2) is 48.8 Å². The fourth-order valence-corrected chi connectivity index (χ4v) is 1.84. The molecule has 7 heteroatoms. The van der Waals surface area contributed by atoms with E-state index in [1.807, 2.05) is 0 Å². The molecular formula is C15H13F3N2O2. The van der Waals surface area contributed by atoms with Crippen molar-refractivity contribution in [2.75, 3.05) is 5.32 Å². The van der Waals surface area contributed by atoms with Gasteiger partial charge in [-0.15, -0.1) is 13.2 Å². The number of pyridine rings is 1. The number of alkyl halides is 3. The van der Waals surface area contributed by atoms with Crippen molar-refractivity contribution in [2.45, 2.75) is 19.2 Å². The molecule has 0 spiro atoms. The number of benzene rings is 1. The predicted molar refractivity (Wildman–Crippen MR) is 74.3 cm³/mol. The maximum absolute atomic E-state index is 12.3. The minimum Gasteiger partial charge on any atom is -0.406 e. The smallest absolute Gasteiger partial charge is 0.406 e. The number of anilines is 1. The van der Waals surface area contributed by atoms with Crippen molar-refractivity contribution >= 4 is 11.6 Å². The molecule has 0 radical (unpaired) electrons. The zero-order chi connectivity index (χ0) is 16.0. The molecule has 0 aliphatic carbocycles. The Hall–Kier alpha value is -2.57. The van der Waals surface area contributed by atoms with Crippen molar-refractivity contribution in [3.63, 3.8) is 0 Å². The first kappa shape index (κ1) is 15.8. The van der Waals surface area contributed by atoms with Gasteiger partial charge in [0.05, 0.1) is 11.9 Å². The number of nitrogens with one attached hydrogen (secondary N) is 1. The number of ether oxygens (including phenoxy) is 1. The summed E-state index contributed by atoms with van der Waals surface area (Å²) in [5.41, 5.74) is 0.855. The van der Waals surface area contributed by atoms with E-state index in [-0.39, 0.29) is 24.5 Å². The number of para-hydroxylation sites is 1. The molecule has 0 saturated heterocycles. The Bertz CT molecular complexity index is 630. The zero-order valence-electron chi connectivity index (χ0n) is 11.4. The molecule has 0 aliphatic rings. The topological polar surface area (TPSA) is 51.2 Å². The number of hydrogen-bond donors (Lipinski definition) is 1. The van der Waals surface area contributed by atoms with Gasteiger partial charge in [-0.2, -0.15) is 0 Å². The number of rotatable bonds is 5. The van der Waals surface area contributed by atoms with Crippen LogP contribution in [0.5, 0.6) is 5.75 Å². The van der Waals surface area contributed by atoms with Crippen molar-refractivity contribution in [3.05, 3.63) is 54.4 Å². The SMILES string of the molecule is O=C(CCc1ccccc1OC(F)(F)F)Nc1cccnc1. The number of amides is 1. The van der Waals surface area contributed by atoms with Gasteiger partial charge in [-0.1, -0.05) is 18.2 Å². The summed E-state index contributed by atoms with van der Waals surface area (Å²) in [6.07, 6.45) is -1.53. The second-order valence-corrected chi connectivity index (χ2v) is 4.45. The Labute approximate surface area is 124 Å². The molecule has 22 heavy (non-hydrogen) atoms. The summed E-state index contributed by atoms with van der Waals surface area (Å²) in [7, 11) is 0. The van der Waals surface area contributed by atoms with E-state index >= 15 is 0 Å². The van der Waals surface area contributed by atoms with E-state index in [0.717, 1.165) is 0 Å². The summed E-state index contributed by atoms with van der Waals surface area (Å²) >= 11 is 0. The molecule has 1 N–H and O–H groups in total. The number of hydrogen-bond acceptors (Lipinski definition) is 3. The zero-order valence-corrected chi connectivity index (χ0v) is 11.4. The maximum Gasteiger partial charge on any atom is 0.573 e. The molecule has 0 saturated carbocycles. The molecular weight excluding hydrogens is 297 g/mol. The average Bonchev–Trinajstić information content (AvgIpc) is 2.46. The summed E-state index contributed by atoms with van der Waals surface area (Å²) in [6, 6.07) is 9.10. The van der Waals surface area contributed by atoms with Crippen LogP contribution in [0.2, 0.25) is 0 Å². The van der Waals surface area contributed by atoms with Crippen molar-refractivity contribution < 1.29 is 22.7 Å². The quantitative estimate of drug-likeness (QED) is 0.919. The number of carbonyl (C=O) groups excluding carboxylic acids is 1. The van der Waals surface area contributed by atoms with Crippen LogP contribution in [0, 0.1) is 0 Å². The van der Waals surface area contributed by atoms with Gasteiger partial charge in [0, 0.05) is 12.6 Å². The predicted octanol–water partition coefficient (Wildman–Crippen LogP) is 3.55. The number of aryl methyl sites for hydroxylation is 1. The molecule has 116 valence electrons. The van der Waals surface area contributed by atoms with Crippen molar-refractivity contribution in [1.29, 1.82) is 0 Å². The lowest BCUT2D eigenvalue weighted by atomic mass is 10.1. The number of aromatic nitrogens is 1. The van der Waals surface area contributed by atoms with E-state index in [4.69, 9.17) is 0 Å². The van der Waals surface area contributed by atoms with Crippen molar-refractivity contribution in [2.24, 2.45) is 0 Å². The lowest BCUT2D eigenvalue weighted by molar-refractivity contribution is -0.274. The summed E-state index contributed by atoms with van der Waals surface area (Å²) in [4.78, 5) is 15.6. The average molecular weight is 310 g/mol. The van der Waals surface area contributed by atoms with Gasteiger partial charge in [-0.3, -0.25) is 9.78 Å². The van der Waals surface area contributed by atoms with Crippen LogP contribution in [-0.4, -0.2) is 17.3 Å². The Morgan fingerprint density at radius 2 is 1.95 bits per heavy atom. The molecule has 0 unspecified atom stereocenters. The molecule has 1 heterocycles. The Kier molecular flexibility index (Phi) is 4.98. The molecule has 1 amide bonds. The second-order valence-electron chi connectivity index (χ2n) is 4.45. The molecule has 0 aliphatic heterocycles. The van der Waals surface area contributed by atoms with Crippen LogP contribution < -0.4 is 10.1 Å². The molecule has 2 aromatic rings. The van der Waals surface area contributed by atoms with Gasteiger partial charge >= 0.3 is 6.36 Å². The lowest BCUT2D eigenvalue weighted by Gasteiger charge is -2.13. The fraction of sp³-hybridized carbons (Fsp3) is 0.200. The lowest BCUT2D eigenvalue weighted by Crippen LogP contribution is -2.18. The first-order valence-electron chi connectivity index (χ1n) is 6.47. The summed E-state index contributed by atoms with van der Waals surface area (Å²) < 4.78 is 40.8. The Morgan fingerprint density at radius 3 is 2.64 bits per heavy atom. The fourth-order valence-electron chi connectivity index (χ4n) is 1.84. The Balaban J connectivity index is 1.95. The Morgan fingerprint density at radius 1 is 1.18 bits per heavy atom. The van der Waals surface area contributed by atoms with Gasteiger partial charge in [0.25, 0.3) is 0 Å². The van der Waals surface area contributed by atoms with Crippen LogP contribution >= 0.6 is 0 Å². The van der Waals surface area contributed by atoms with Crippen LogP contribution in [0.25, 0.3) is 0 Å². The number of carbonyl (C=O) groups is 1. The first-order chi connectivity index (χ1) is 10.4. The highest BCUT2D eigenvalue weighted by Crippen LogP contribution is 2.27. The minimum atomic E-state index is -4.76. The summed E-state index contributed by atoms with van der Waals surface area (Å²) in [5.74, 6) is -0.598. The van der Waals surface area contributed by atoms with Crippen molar-refractivity contribution in [3.8, 4) is 5.75 Å². The third-order valence-corrected chi connectivity index (χ3v) is 2.76. The molecule has 0 bridgehead atoms. The van der Waals surface area contributed by atoms with Crippen LogP contribution in [-0.2, 0) is 11.2 Å². The van der Waals surface area contributed by atoms with Gasteiger partial charge in [0.15, 0.2) is 0 Å². The van der Waals surface area contributed by atoms with E-state index < -0.39 is 6.36 Å². The largest absolute Gasteiger partial charge is 0.573 e. The normalized spacial score (nSPS) is 11.0. The molecule has 4 nitrogen and oxygen atoms in total. The number of nitrogens with zero attached hydrogens (tertiary/aromatic N) is 1. The third-order valence-electron chi connectivity index (χ3n) is 2.76. The highest BCUT2D eigenvalue weighted by Gasteiger charge is 2.31.